The molecule has 0 N–H and O–H groups in total. The van der Waals surface area contributed by atoms with Gasteiger partial charge in [-0.25, -0.2) is 4.79 Å². The second-order valence-corrected chi connectivity index (χ2v) is 3.51. The maximum absolute atomic E-state index is 11.0. The minimum atomic E-state index is -0.716. The Bertz CT molecular complexity index is 332. The summed E-state index contributed by atoms with van der Waals surface area (Å²) in [5.41, 5.74) is 0. The molecule has 0 aromatic heterocycles. The van der Waals surface area contributed by atoms with Gasteiger partial charge in [-0.05, 0) is 30.5 Å². The smallest absolute Gasteiger partial charge is 0.430 e. The van der Waals surface area contributed by atoms with Crippen molar-refractivity contribution < 1.29 is 14.3 Å². The fourth-order valence-corrected chi connectivity index (χ4v) is 1.30. The quantitative estimate of drug-likeness (QED) is 0.341. The molecule has 15 heavy (non-hydrogen) atoms. The molecular formula is C11H12O3S. The molecule has 80 valence electrons. The highest BCUT2D eigenvalue weighted by Crippen LogP contribution is 2.19. The Morgan fingerprint density at radius 2 is 2.13 bits per heavy atom. The molecule has 0 radical (unpaired) electrons. The van der Waals surface area contributed by atoms with Gasteiger partial charge < -0.3 is 9.47 Å². The van der Waals surface area contributed by atoms with E-state index < -0.39 is 6.16 Å². The predicted molar refractivity (Wildman–Crippen MR) is 60.4 cm³/mol. The highest BCUT2D eigenvalue weighted by atomic mass is 32.2. The number of hydrogen-bond acceptors (Lipinski definition) is 4. The monoisotopic (exact) mass is 224 g/mol. The van der Waals surface area contributed by atoms with E-state index in [4.69, 9.17) is 4.74 Å². The normalized spacial score (nSPS) is 9.40. The van der Waals surface area contributed by atoms with E-state index in [0.717, 1.165) is 4.90 Å². The Hall–Kier alpha value is -1.42. The number of ether oxygens (including phenoxy) is 2. The molecule has 0 bridgehead atoms. The summed E-state index contributed by atoms with van der Waals surface area (Å²) < 4.78 is 9.56. The largest absolute Gasteiger partial charge is 0.514 e. The van der Waals surface area contributed by atoms with Crippen molar-refractivity contribution in [1.29, 1.82) is 0 Å². The molecule has 0 spiro atoms. The van der Waals surface area contributed by atoms with E-state index in [9.17, 15) is 4.79 Å². The first-order chi connectivity index (χ1) is 7.26. The van der Waals surface area contributed by atoms with Crippen LogP contribution in [0.1, 0.15) is 0 Å². The van der Waals surface area contributed by atoms with E-state index in [1.807, 2.05) is 18.4 Å². The van der Waals surface area contributed by atoms with Gasteiger partial charge in [0.05, 0.1) is 0 Å². The van der Waals surface area contributed by atoms with Crippen LogP contribution in [0.4, 0.5) is 4.79 Å². The predicted octanol–water partition coefficient (Wildman–Crippen LogP) is 3.11. The first-order valence-corrected chi connectivity index (χ1v) is 5.58. The molecule has 0 saturated heterocycles. The number of carbonyl (C=O) groups excluding carboxylic acids is 1. The average molecular weight is 224 g/mol. The van der Waals surface area contributed by atoms with Crippen molar-refractivity contribution in [2.24, 2.45) is 0 Å². The zero-order valence-corrected chi connectivity index (χ0v) is 9.25. The van der Waals surface area contributed by atoms with E-state index in [2.05, 4.69) is 11.3 Å². The minimum absolute atomic E-state index is 0.154. The van der Waals surface area contributed by atoms with Crippen molar-refractivity contribution in [1.82, 2.24) is 0 Å². The van der Waals surface area contributed by atoms with Crippen LogP contribution in [-0.4, -0.2) is 19.0 Å². The van der Waals surface area contributed by atoms with Crippen molar-refractivity contribution in [2.75, 3.05) is 12.9 Å². The van der Waals surface area contributed by atoms with Crippen molar-refractivity contribution in [2.45, 2.75) is 4.90 Å². The molecule has 0 heterocycles. The van der Waals surface area contributed by atoms with Gasteiger partial charge in [0, 0.05) is 4.90 Å². The van der Waals surface area contributed by atoms with Gasteiger partial charge in [-0.3, -0.25) is 0 Å². The minimum Gasteiger partial charge on any atom is -0.430 e. The maximum atomic E-state index is 11.0. The molecule has 0 aliphatic heterocycles. The lowest BCUT2D eigenvalue weighted by Crippen LogP contribution is -2.10. The second-order valence-electron chi connectivity index (χ2n) is 2.63. The van der Waals surface area contributed by atoms with Crippen LogP contribution in [0.15, 0.2) is 41.8 Å². The number of benzene rings is 1. The Balaban J connectivity index is 2.49. The molecular weight excluding hydrogens is 212 g/mol. The van der Waals surface area contributed by atoms with Crippen LogP contribution in [0.3, 0.4) is 0 Å². The topological polar surface area (TPSA) is 35.5 Å². The summed E-state index contributed by atoms with van der Waals surface area (Å²) in [6.07, 6.45) is 2.75. The van der Waals surface area contributed by atoms with E-state index >= 15 is 0 Å². The summed E-state index contributed by atoms with van der Waals surface area (Å²) in [5, 5.41) is 0. The number of thioether (sulfide) groups is 1. The van der Waals surface area contributed by atoms with Gasteiger partial charge in [0.25, 0.3) is 0 Å². The van der Waals surface area contributed by atoms with Crippen molar-refractivity contribution in [3.05, 3.63) is 36.9 Å². The van der Waals surface area contributed by atoms with Crippen molar-refractivity contribution >= 4 is 17.9 Å². The molecule has 1 rings (SSSR count). The Morgan fingerprint density at radius 3 is 2.67 bits per heavy atom. The van der Waals surface area contributed by atoms with Gasteiger partial charge in [0.1, 0.15) is 12.4 Å². The molecule has 1 aromatic carbocycles. The highest BCUT2D eigenvalue weighted by Gasteiger charge is 2.04. The van der Waals surface area contributed by atoms with Crippen LogP contribution >= 0.6 is 11.8 Å². The average Bonchev–Trinajstić information content (AvgIpc) is 2.27. The Morgan fingerprint density at radius 1 is 1.47 bits per heavy atom. The molecule has 0 amide bonds. The van der Waals surface area contributed by atoms with E-state index in [0.29, 0.717) is 5.75 Å². The Labute approximate surface area is 93.1 Å². The molecule has 0 aliphatic carbocycles. The first-order valence-electron chi connectivity index (χ1n) is 4.36. The van der Waals surface area contributed by atoms with Crippen LogP contribution in [0, 0.1) is 0 Å². The maximum Gasteiger partial charge on any atom is 0.514 e. The summed E-state index contributed by atoms with van der Waals surface area (Å²) in [4.78, 5) is 12.1. The molecule has 0 unspecified atom stereocenters. The summed E-state index contributed by atoms with van der Waals surface area (Å²) in [6.45, 7) is 3.58. The molecule has 4 heteroatoms. The third kappa shape index (κ3) is 4.08. The van der Waals surface area contributed by atoms with Gasteiger partial charge in [-0.2, -0.15) is 0 Å². The highest BCUT2D eigenvalue weighted by molar-refractivity contribution is 7.98. The lowest BCUT2D eigenvalue weighted by Gasteiger charge is -2.04. The Kier molecular flexibility index (Phi) is 4.77. The van der Waals surface area contributed by atoms with Crippen LogP contribution in [0.25, 0.3) is 0 Å². The zero-order chi connectivity index (χ0) is 11.1. The van der Waals surface area contributed by atoms with Crippen LogP contribution in [0.5, 0.6) is 5.75 Å². The number of hydrogen-bond donors (Lipinski definition) is 0. The SMILES string of the molecule is C=CCOC(=O)Oc1ccc(SC)cc1. The summed E-state index contributed by atoms with van der Waals surface area (Å²) in [5.74, 6) is 0.474. The zero-order valence-electron chi connectivity index (χ0n) is 8.43. The van der Waals surface area contributed by atoms with E-state index in [1.165, 1.54) is 6.08 Å². The van der Waals surface area contributed by atoms with Crippen LogP contribution in [0.2, 0.25) is 0 Å². The molecule has 0 aliphatic rings. The van der Waals surface area contributed by atoms with Crippen molar-refractivity contribution in [3.8, 4) is 5.75 Å². The van der Waals surface area contributed by atoms with Gasteiger partial charge in [0.15, 0.2) is 0 Å². The van der Waals surface area contributed by atoms with Gasteiger partial charge in [-0.15, -0.1) is 11.8 Å². The first kappa shape index (κ1) is 11.7. The fraction of sp³-hybridized carbons (Fsp3) is 0.182. The molecule has 3 nitrogen and oxygen atoms in total. The van der Waals surface area contributed by atoms with Gasteiger partial charge >= 0.3 is 6.16 Å². The number of carbonyl (C=O) groups is 1. The molecule has 1 aromatic rings. The van der Waals surface area contributed by atoms with Gasteiger partial charge in [-0.1, -0.05) is 12.7 Å². The molecule has 0 atom stereocenters. The summed E-state index contributed by atoms with van der Waals surface area (Å²) >= 11 is 1.63. The second kappa shape index (κ2) is 6.14. The molecule has 0 saturated carbocycles. The lowest BCUT2D eigenvalue weighted by atomic mass is 10.3. The standard InChI is InChI=1S/C11H12O3S/c1-3-8-13-11(12)14-9-4-6-10(15-2)7-5-9/h3-7H,1,8H2,2H3. The summed E-state index contributed by atoms with van der Waals surface area (Å²) in [6, 6.07) is 7.20. The third-order valence-electron chi connectivity index (χ3n) is 1.58. The van der Waals surface area contributed by atoms with Crippen LogP contribution < -0.4 is 4.74 Å². The molecule has 0 fully saturated rings. The van der Waals surface area contributed by atoms with Gasteiger partial charge in [0.2, 0.25) is 0 Å². The van der Waals surface area contributed by atoms with Crippen molar-refractivity contribution in [3.63, 3.8) is 0 Å². The fourth-order valence-electron chi connectivity index (χ4n) is 0.896. The lowest BCUT2D eigenvalue weighted by molar-refractivity contribution is 0.109. The van der Waals surface area contributed by atoms with Crippen LogP contribution in [-0.2, 0) is 4.74 Å². The summed E-state index contributed by atoms with van der Waals surface area (Å²) in [7, 11) is 0. The van der Waals surface area contributed by atoms with E-state index in [-0.39, 0.29) is 6.61 Å². The third-order valence-corrected chi connectivity index (χ3v) is 2.32. The van der Waals surface area contributed by atoms with E-state index in [1.54, 1.807) is 23.9 Å². The number of rotatable bonds is 4.